The van der Waals surface area contributed by atoms with E-state index in [4.69, 9.17) is 6.57 Å². The van der Waals surface area contributed by atoms with Gasteiger partial charge in [0.05, 0.1) is 0 Å². The van der Waals surface area contributed by atoms with Gasteiger partial charge in [-0.25, -0.2) is 6.57 Å². The third kappa shape index (κ3) is 2.39. The highest BCUT2D eigenvalue weighted by molar-refractivity contribution is 5.22. The number of benzene rings is 1. The molecule has 0 spiro atoms. The van der Waals surface area contributed by atoms with E-state index in [-0.39, 0.29) is 6.04 Å². The van der Waals surface area contributed by atoms with Crippen LogP contribution in [-0.4, -0.2) is 6.04 Å². The van der Waals surface area contributed by atoms with Crippen LogP contribution in [0.5, 0.6) is 0 Å². The molecule has 0 N–H and O–H groups in total. The summed E-state index contributed by atoms with van der Waals surface area (Å²) in [5.74, 6) is 0. The molecule has 0 fully saturated rings. The molecule has 0 radical (unpaired) electrons. The zero-order chi connectivity index (χ0) is 8.97. The van der Waals surface area contributed by atoms with Crippen molar-refractivity contribution in [2.24, 2.45) is 0 Å². The number of hydrogen-bond donors (Lipinski definition) is 0. The normalized spacial score (nSPS) is 12.1. The Morgan fingerprint density at radius 2 is 1.92 bits per heavy atom. The summed E-state index contributed by atoms with van der Waals surface area (Å²) in [5.41, 5.74) is 2.53. The summed E-state index contributed by atoms with van der Waals surface area (Å²) < 4.78 is 0. The van der Waals surface area contributed by atoms with Crippen molar-refractivity contribution in [2.75, 3.05) is 0 Å². The first kappa shape index (κ1) is 8.80. The zero-order valence-corrected chi connectivity index (χ0v) is 7.54. The third-order valence-electron chi connectivity index (χ3n) is 1.87. The number of aryl methyl sites for hydroxylation is 1. The Bertz CT molecular complexity index is 279. The second kappa shape index (κ2) is 3.92. The van der Waals surface area contributed by atoms with E-state index in [1.807, 2.05) is 6.92 Å². The van der Waals surface area contributed by atoms with Gasteiger partial charge in [0.15, 0.2) is 0 Å². The molecule has 1 aromatic carbocycles. The summed E-state index contributed by atoms with van der Waals surface area (Å²) >= 11 is 0. The fourth-order valence-electron chi connectivity index (χ4n) is 1.11. The minimum Gasteiger partial charge on any atom is -0.314 e. The molecule has 0 aromatic heterocycles. The van der Waals surface area contributed by atoms with E-state index in [0.717, 1.165) is 6.42 Å². The van der Waals surface area contributed by atoms with Gasteiger partial charge in [0.2, 0.25) is 6.04 Å². The summed E-state index contributed by atoms with van der Waals surface area (Å²) in [5, 5.41) is 0. The standard InChI is InChI=1S/C11H13N/c1-9-4-6-11(7-5-9)8-10(2)12-3/h4-7,10H,8H2,1-2H3. The van der Waals surface area contributed by atoms with Gasteiger partial charge in [0.1, 0.15) is 0 Å². The van der Waals surface area contributed by atoms with Crippen LogP contribution >= 0.6 is 0 Å². The lowest BCUT2D eigenvalue weighted by atomic mass is 10.1. The van der Waals surface area contributed by atoms with Gasteiger partial charge in [-0.3, -0.25) is 0 Å². The molecule has 0 saturated heterocycles. The number of rotatable bonds is 2. The molecule has 0 amide bonds. The largest absolute Gasteiger partial charge is 0.314 e. The van der Waals surface area contributed by atoms with Crippen LogP contribution in [0.2, 0.25) is 0 Å². The van der Waals surface area contributed by atoms with Crippen LogP contribution < -0.4 is 0 Å². The minimum atomic E-state index is 0.104. The van der Waals surface area contributed by atoms with Gasteiger partial charge in [-0.1, -0.05) is 29.8 Å². The lowest BCUT2D eigenvalue weighted by Crippen LogP contribution is -1.99. The molecule has 1 atom stereocenters. The Hall–Kier alpha value is -1.29. The summed E-state index contributed by atoms with van der Waals surface area (Å²) in [4.78, 5) is 3.46. The first-order valence-electron chi connectivity index (χ1n) is 4.14. The molecule has 0 aliphatic heterocycles. The Balaban J connectivity index is 2.66. The van der Waals surface area contributed by atoms with E-state index in [9.17, 15) is 0 Å². The fraction of sp³-hybridized carbons (Fsp3) is 0.364. The zero-order valence-electron chi connectivity index (χ0n) is 7.54. The summed E-state index contributed by atoms with van der Waals surface area (Å²) in [6.45, 7) is 10.8. The average Bonchev–Trinajstić information content (AvgIpc) is 2.09. The van der Waals surface area contributed by atoms with Crippen molar-refractivity contribution in [3.63, 3.8) is 0 Å². The second-order valence-corrected chi connectivity index (χ2v) is 3.17. The number of hydrogen-bond acceptors (Lipinski definition) is 0. The quantitative estimate of drug-likeness (QED) is 0.584. The Labute approximate surface area is 73.9 Å². The van der Waals surface area contributed by atoms with Gasteiger partial charge in [0, 0.05) is 13.3 Å². The van der Waals surface area contributed by atoms with Gasteiger partial charge in [0.25, 0.3) is 0 Å². The van der Waals surface area contributed by atoms with Crippen LogP contribution in [0.1, 0.15) is 18.1 Å². The van der Waals surface area contributed by atoms with Crippen LogP contribution in [0.15, 0.2) is 24.3 Å². The van der Waals surface area contributed by atoms with E-state index in [1.54, 1.807) is 0 Å². The average molecular weight is 159 g/mol. The lowest BCUT2D eigenvalue weighted by Gasteiger charge is -2.00. The predicted octanol–water partition coefficient (Wildman–Crippen LogP) is 2.85. The highest BCUT2D eigenvalue weighted by Crippen LogP contribution is 2.07. The minimum absolute atomic E-state index is 0.104. The lowest BCUT2D eigenvalue weighted by molar-refractivity contribution is 0.844. The molecule has 0 heterocycles. The van der Waals surface area contributed by atoms with E-state index >= 15 is 0 Å². The van der Waals surface area contributed by atoms with E-state index in [0.29, 0.717) is 0 Å². The molecule has 1 heteroatoms. The smallest absolute Gasteiger partial charge is 0.225 e. The molecule has 1 aromatic rings. The molecular weight excluding hydrogens is 146 g/mol. The third-order valence-corrected chi connectivity index (χ3v) is 1.87. The maximum absolute atomic E-state index is 6.83. The monoisotopic (exact) mass is 159 g/mol. The van der Waals surface area contributed by atoms with Crippen molar-refractivity contribution in [1.82, 2.24) is 0 Å². The van der Waals surface area contributed by atoms with Crippen LogP contribution in [0.25, 0.3) is 4.85 Å². The van der Waals surface area contributed by atoms with Gasteiger partial charge in [-0.05, 0) is 12.5 Å². The molecule has 62 valence electrons. The second-order valence-electron chi connectivity index (χ2n) is 3.17. The van der Waals surface area contributed by atoms with E-state index < -0.39 is 0 Å². The van der Waals surface area contributed by atoms with Crippen molar-refractivity contribution < 1.29 is 0 Å². The number of nitrogens with zero attached hydrogens (tertiary/aromatic N) is 1. The molecule has 1 rings (SSSR count). The van der Waals surface area contributed by atoms with Crippen molar-refractivity contribution in [3.8, 4) is 0 Å². The molecule has 0 bridgehead atoms. The van der Waals surface area contributed by atoms with Gasteiger partial charge in [-0.15, -0.1) is 0 Å². The Morgan fingerprint density at radius 1 is 1.33 bits per heavy atom. The summed E-state index contributed by atoms with van der Waals surface area (Å²) in [7, 11) is 0. The van der Waals surface area contributed by atoms with E-state index in [1.165, 1.54) is 11.1 Å². The SMILES string of the molecule is [C-]#[N+]C(C)Cc1ccc(C)cc1. The molecule has 1 unspecified atom stereocenters. The molecular formula is C11H13N. The van der Waals surface area contributed by atoms with Crippen LogP contribution in [-0.2, 0) is 6.42 Å². The fourth-order valence-corrected chi connectivity index (χ4v) is 1.11. The predicted molar refractivity (Wildman–Crippen MR) is 50.9 cm³/mol. The molecule has 12 heavy (non-hydrogen) atoms. The highest BCUT2D eigenvalue weighted by atomic mass is 14.7. The first-order chi connectivity index (χ1) is 5.72. The maximum Gasteiger partial charge on any atom is 0.225 e. The van der Waals surface area contributed by atoms with Gasteiger partial charge in [-0.2, -0.15) is 0 Å². The molecule has 0 saturated carbocycles. The van der Waals surface area contributed by atoms with Gasteiger partial charge < -0.3 is 4.85 Å². The topological polar surface area (TPSA) is 4.36 Å². The maximum atomic E-state index is 6.83. The van der Waals surface area contributed by atoms with Crippen LogP contribution in [0, 0.1) is 13.5 Å². The summed E-state index contributed by atoms with van der Waals surface area (Å²) in [6.07, 6.45) is 0.865. The summed E-state index contributed by atoms with van der Waals surface area (Å²) in [6, 6.07) is 8.47. The van der Waals surface area contributed by atoms with Gasteiger partial charge >= 0.3 is 0 Å². The Kier molecular flexibility index (Phi) is 2.88. The van der Waals surface area contributed by atoms with Crippen LogP contribution in [0.4, 0.5) is 0 Å². The van der Waals surface area contributed by atoms with Crippen LogP contribution in [0.3, 0.4) is 0 Å². The van der Waals surface area contributed by atoms with Crippen molar-refractivity contribution in [3.05, 3.63) is 46.8 Å². The Morgan fingerprint density at radius 3 is 2.42 bits per heavy atom. The molecule has 0 aliphatic carbocycles. The highest BCUT2D eigenvalue weighted by Gasteiger charge is 2.04. The first-order valence-corrected chi connectivity index (χ1v) is 4.14. The molecule has 0 aliphatic rings. The van der Waals surface area contributed by atoms with Crippen molar-refractivity contribution >= 4 is 0 Å². The van der Waals surface area contributed by atoms with Crippen molar-refractivity contribution in [1.29, 1.82) is 0 Å². The van der Waals surface area contributed by atoms with E-state index in [2.05, 4.69) is 36.0 Å². The molecule has 1 nitrogen and oxygen atoms in total. The van der Waals surface area contributed by atoms with Crippen molar-refractivity contribution in [2.45, 2.75) is 26.3 Å².